The number of hydrogen-bond donors (Lipinski definition) is 1. The molecule has 1 aromatic carbocycles. The molecule has 0 atom stereocenters. The van der Waals surface area contributed by atoms with Gasteiger partial charge in [-0.05, 0) is 51.8 Å². The molecule has 6 nitrogen and oxygen atoms in total. The Bertz CT molecular complexity index is 643. The van der Waals surface area contributed by atoms with Crippen LogP contribution in [-0.2, 0) is 4.74 Å². The van der Waals surface area contributed by atoms with Gasteiger partial charge in [0.15, 0.2) is 0 Å². The molecule has 0 aromatic heterocycles. The van der Waals surface area contributed by atoms with Crippen molar-refractivity contribution in [1.29, 1.82) is 0 Å². The van der Waals surface area contributed by atoms with Crippen molar-refractivity contribution < 1.29 is 18.7 Å². The van der Waals surface area contributed by atoms with Crippen LogP contribution in [0.2, 0.25) is 0 Å². The first-order chi connectivity index (χ1) is 11.7. The molecule has 0 unspecified atom stereocenters. The third-order valence-corrected chi connectivity index (χ3v) is 3.88. The molecule has 0 saturated carbocycles. The molecule has 1 N–H and O–H groups in total. The Labute approximate surface area is 147 Å². The van der Waals surface area contributed by atoms with Gasteiger partial charge in [0.1, 0.15) is 11.4 Å². The zero-order chi connectivity index (χ0) is 18.6. The van der Waals surface area contributed by atoms with E-state index in [4.69, 9.17) is 4.74 Å². The van der Waals surface area contributed by atoms with Crippen molar-refractivity contribution in [3.05, 3.63) is 29.6 Å². The third-order valence-electron chi connectivity index (χ3n) is 3.88. The van der Waals surface area contributed by atoms with E-state index in [0.29, 0.717) is 38.3 Å². The highest BCUT2D eigenvalue weighted by Crippen LogP contribution is 2.17. The molecule has 1 aliphatic heterocycles. The Morgan fingerprint density at radius 3 is 2.44 bits per heavy atom. The summed E-state index contributed by atoms with van der Waals surface area (Å²) in [5.41, 5.74) is 0.702. The zero-order valence-corrected chi connectivity index (χ0v) is 15.3. The molecule has 1 heterocycles. The van der Waals surface area contributed by atoms with E-state index >= 15 is 0 Å². The molecule has 7 heteroatoms. The fourth-order valence-electron chi connectivity index (χ4n) is 2.55. The minimum atomic E-state index is -0.546. The second-order valence-corrected chi connectivity index (χ2v) is 7.20. The lowest BCUT2D eigenvalue weighted by molar-refractivity contribution is 0.0259. The summed E-state index contributed by atoms with van der Waals surface area (Å²) in [5.74, 6) is -0.395. The van der Waals surface area contributed by atoms with Crippen LogP contribution in [0.25, 0.3) is 0 Å². The number of carbonyl (C=O) groups excluding carboxylic acids is 2. The van der Waals surface area contributed by atoms with Crippen LogP contribution < -0.4 is 5.32 Å². The Hall–Kier alpha value is -2.31. The van der Waals surface area contributed by atoms with Crippen LogP contribution in [0.15, 0.2) is 18.2 Å². The molecule has 3 amide bonds. The SMILES string of the molecule is Cc1ccc(F)cc1NC(=O)N1CCCN(C(=O)OC(C)(C)C)CC1. The van der Waals surface area contributed by atoms with Crippen molar-refractivity contribution in [1.82, 2.24) is 9.80 Å². The van der Waals surface area contributed by atoms with Gasteiger partial charge in [0.05, 0.1) is 0 Å². The number of rotatable bonds is 1. The van der Waals surface area contributed by atoms with E-state index in [0.717, 1.165) is 5.56 Å². The second-order valence-electron chi connectivity index (χ2n) is 7.20. The summed E-state index contributed by atoms with van der Waals surface area (Å²) in [7, 11) is 0. The van der Waals surface area contributed by atoms with Crippen molar-refractivity contribution in [3.63, 3.8) is 0 Å². The predicted molar refractivity (Wildman–Crippen MR) is 94.2 cm³/mol. The Kier molecular flexibility index (Phi) is 5.87. The van der Waals surface area contributed by atoms with Gasteiger partial charge < -0.3 is 19.9 Å². The van der Waals surface area contributed by atoms with Crippen LogP contribution in [0, 0.1) is 12.7 Å². The molecular formula is C18H26FN3O3. The fraction of sp³-hybridized carbons (Fsp3) is 0.556. The van der Waals surface area contributed by atoms with Crippen molar-refractivity contribution in [2.75, 3.05) is 31.5 Å². The van der Waals surface area contributed by atoms with Gasteiger partial charge in [0.2, 0.25) is 0 Å². The molecule has 1 aromatic rings. The van der Waals surface area contributed by atoms with E-state index in [1.54, 1.807) is 15.9 Å². The maximum absolute atomic E-state index is 13.4. The summed E-state index contributed by atoms with van der Waals surface area (Å²) in [5, 5.41) is 2.74. The molecule has 1 fully saturated rings. The van der Waals surface area contributed by atoms with Crippen molar-refractivity contribution in [2.45, 2.75) is 39.7 Å². The van der Waals surface area contributed by atoms with Crippen molar-refractivity contribution >= 4 is 17.8 Å². The Morgan fingerprint density at radius 2 is 1.76 bits per heavy atom. The Morgan fingerprint density at radius 1 is 1.12 bits per heavy atom. The van der Waals surface area contributed by atoms with Gasteiger partial charge in [-0.15, -0.1) is 0 Å². The third kappa shape index (κ3) is 5.62. The van der Waals surface area contributed by atoms with E-state index in [2.05, 4.69) is 5.32 Å². The average Bonchev–Trinajstić information content (AvgIpc) is 2.75. The number of benzene rings is 1. The quantitative estimate of drug-likeness (QED) is 0.841. The van der Waals surface area contributed by atoms with Crippen LogP contribution in [-0.4, -0.2) is 53.7 Å². The van der Waals surface area contributed by atoms with Crippen molar-refractivity contribution in [3.8, 4) is 0 Å². The minimum Gasteiger partial charge on any atom is -0.444 e. The highest BCUT2D eigenvalue weighted by molar-refractivity contribution is 5.90. The molecule has 1 saturated heterocycles. The molecule has 0 aliphatic carbocycles. The first kappa shape index (κ1) is 19.0. The number of anilines is 1. The van der Waals surface area contributed by atoms with Crippen LogP contribution in [0.5, 0.6) is 0 Å². The van der Waals surface area contributed by atoms with Gasteiger partial charge in [0.25, 0.3) is 0 Å². The van der Waals surface area contributed by atoms with E-state index in [9.17, 15) is 14.0 Å². The number of amides is 3. The largest absolute Gasteiger partial charge is 0.444 e. The van der Waals surface area contributed by atoms with Crippen LogP contribution in [0.1, 0.15) is 32.8 Å². The average molecular weight is 351 g/mol. The van der Waals surface area contributed by atoms with Gasteiger partial charge in [-0.3, -0.25) is 0 Å². The van der Waals surface area contributed by atoms with Gasteiger partial charge >= 0.3 is 12.1 Å². The molecule has 0 radical (unpaired) electrons. The van der Waals surface area contributed by atoms with E-state index in [1.807, 2.05) is 27.7 Å². The molecule has 25 heavy (non-hydrogen) atoms. The number of halogens is 1. The molecule has 2 rings (SSSR count). The molecule has 0 bridgehead atoms. The maximum Gasteiger partial charge on any atom is 0.410 e. The smallest absolute Gasteiger partial charge is 0.410 e. The molecule has 138 valence electrons. The summed E-state index contributed by atoms with van der Waals surface area (Å²) >= 11 is 0. The first-order valence-corrected chi connectivity index (χ1v) is 8.46. The number of carbonyl (C=O) groups is 2. The lowest BCUT2D eigenvalue weighted by Gasteiger charge is -2.26. The summed E-state index contributed by atoms with van der Waals surface area (Å²) in [6, 6.07) is 3.99. The standard InChI is InChI=1S/C18H26FN3O3/c1-13-6-7-14(19)12-15(13)20-16(23)21-8-5-9-22(11-10-21)17(24)25-18(2,3)4/h6-7,12H,5,8-11H2,1-4H3,(H,20,23). The minimum absolute atomic E-state index is 0.292. The van der Waals surface area contributed by atoms with Gasteiger partial charge in [-0.2, -0.15) is 0 Å². The van der Waals surface area contributed by atoms with E-state index in [-0.39, 0.29) is 12.1 Å². The molecule has 1 aliphatic rings. The Balaban J connectivity index is 1.95. The number of urea groups is 1. The van der Waals surface area contributed by atoms with Crippen molar-refractivity contribution in [2.24, 2.45) is 0 Å². The van der Waals surface area contributed by atoms with Gasteiger partial charge in [-0.1, -0.05) is 6.07 Å². The number of hydrogen-bond acceptors (Lipinski definition) is 3. The number of ether oxygens (including phenoxy) is 1. The highest BCUT2D eigenvalue weighted by Gasteiger charge is 2.26. The lowest BCUT2D eigenvalue weighted by Crippen LogP contribution is -2.41. The monoisotopic (exact) mass is 351 g/mol. The molecular weight excluding hydrogens is 325 g/mol. The van der Waals surface area contributed by atoms with E-state index < -0.39 is 11.4 Å². The van der Waals surface area contributed by atoms with Gasteiger partial charge in [-0.25, -0.2) is 14.0 Å². The summed E-state index contributed by atoms with van der Waals surface area (Å²) in [6.07, 6.45) is 0.296. The van der Waals surface area contributed by atoms with E-state index in [1.165, 1.54) is 12.1 Å². The number of aryl methyl sites for hydroxylation is 1. The first-order valence-electron chi connectivity index (χ1n) is 8.46. The summed E-state index contributed by atoms with van der Waals surface area (Å²) in [4.78, 5) is 27.9. The fourth-order valence-corrected chi connectivity index (χ4v) is 2.55. The normalized spacial score (nSPS) is 15.6. The zero-order valence-electron chi connectivity index (χ0n) is 15.3. The second kappa shape index (κ2) is 7.72. The predicted octanol–water partition coefficient (Wildman–Crippen LogP) is 3.61. The lowest BCUT2D eigenvalue weighted by atomic mass is 10.2. The number of nitrogens with zero attached hydrogens (tertiary/aromatic N) is 2. The summed E-state index contributed by atoms with van der Waals surface area (Å²) in [6.45, 7) is 9.15. The van der Waals surface area contributed by atoms with Gasteiger partial charge in [0, 0.05) is 31.9 Å². The number of nitrogens with one attached hydrogen (secondary N) is 1. The topological polar surface area (TPSA) is 61.9 Å². The summed E-state index contributed by atoms with van der Waals surface area (Å²) < 4.78 is 18.7. The van der Waals surface area contributed by atoms with Crippen LogP contribution in [0.4, 0.5) is 19.7 Å². The van der Waals surface area contributed by atoms with Crippen LogP contribution in [0.3, 0.4) is 0 Å². The maximum atomic E-state index is 13.4. The molecule has 0 spiro atoms. The highest BCUT2D eigenvalue weighted by atomic mass is 19.1. The van der Waals surface area contributed by atoms with Crippen LogP contribution >= 0.6 is 0 Å².